The summed E-state index contributed by atoms with van der Waals surface area (Å²) in [4.78, 5) is 8.30. The lowest BCUT2D eigenvalue weighted by atomic mass is 10.1. The summed E-state index contributed by atoms with van der Waals surface area (Å²) in [5.41, 5.74) is 16.6. The molecule has 0 fully saturated rings. The normalized spacial score (nSPS) is 11.4. The molecule has 0 aliphatic rings. The Bertz CT molecular complexity index is 805. The van der Waals surface area contributed by atoms with E-state index in [0.29, 0.717) is 5.82 Å². The number of hydrogen-bond acceptors (Lipinski definition) is 5. The molecule has 0 atom stereocenters. The van der Waals surface area contributed by atoms with Crippen LogP contribution >= 0.6 is 11.3 Å². The highest BCUT2D eigenvalue weighted by Gasteiger charge is 2.06. The van der Waals surface area contributed by atoms with Crippen LogP contribution in [0.15, 0.2) is 29.9 Å². The second-order valence-electron chi connectivity index (χ2n) is 4.58. The van der Waals surface area contributed by atoms with E-state index in [1.165, 1.54) is 6.33 Å². The van der Waals surface area contributed by atoms with Gasteiger partial charge in [-0.05, 0) is 30.2 Å². The Morgan fingerprint density at radius 3 is 2.70 bits per heavy atom. The fourth-order valence-corrected chi connectivity index (χ4v) is 2.96. The number of nitrogens with two attached hydrogens (primary N) is 2. The summed E-state index contributed by atoms with van der Waals surface area (Å²) in [5, 5.41) is 2.04. The summed E-state index contributed by atoms with van der Waals surface area (Å²) in [7, 11) is 0. The first-order valence-corrected chi connectivity index (χ1v) is 7.05. The van der Waals surface area contributed by atoms with Crippen molar-refractivity contribution < 1.29 is 0 Å². The monoisotopic (exact) mass is 282 g/mol. The Balaban J connectivity index is 2.00. The lowest BCUT2D eigenvalue weighted by Crippen LogP contribution is -1.90. The molecule has 1 aromatic carbocycles. The number of rotatable bonds is 2. The molecule has 0 spiro atoms. The number of fused-ring (bicyclic) bond motifs is 1. The Kier molecular flexibility index (Phi) is 3.12. The summed E-state index contributed by atoms with van der Waals surface area (Å²) >= 11 is 1.56. The van der Waals surface area contributed by atoms with Crippen LogP contribution in [0.2, 0.25) is 0 Å². The second kappa shape index (κ2) is 4.94. The van der Waals surface area contributed by atoms with Gasteiger partial charge in [0.05, 0.1) is 10.2 Å². The molecule has 0 saturated carbocycles. The highest BCUT2D eigenvalue weighted by molar-refractivity contribution is 7.18. The van der Waals surface area contributed by atoms with Gasteiger partial charge >= 0.3 is 0 Å². The van der Waals surface area contributed by atoms with Gasteiger partial charge in [-0.3, -0.25) is 0 Å². The minimum Gasteiger partial charge on any atom is -0.399 e. The predicted octanol–water partition coefficient (Wildman–Crippen LogP) is 3.33. The average Bonchev–Trinajstić information content (AvgIpc) is 2.83. The maximum atomic E-state index is 5.84. The lowest BCUT2D eigenvalue weighted by Gasteiger charge is -2.01. The summed E-state index contributed by atoms with van der Waals surface area (Å²) in [6.45, 7) is 2.04. The van der Waals surface area contributed by atoms with Crippen LogP contribution in [-0.4, -0.2) is 9.97 Å². The van der Waals surface area contributed by atoms with E-state index < -0.39 is 0 Å². The van der Waals surface area contributed by atoms with Gasteiger partial charge in [-0.1, -0.05) is 18.2 Å². The molecular formula is C15H14N4S. The summed E-state index contributed by atoms with van der Waals surface area (Å²) in [5.74, 6) is 0.531. The number of benzene rings is 1. The quantitative estimate of drug-likeness (QED) is 0.707. The first kappa shape index (κ1) is 12.6. The number of hydrogen-bond donors (Lipinski definition) is 2. The van der Waals surface area contributed by atoms with Gasteiger partial charge in [0.25, 0.3) is 0 Å². The van der Waals surface area contributed by atoms with Crippen molar-refractivity contribution in [2.75, 3.05) is 11.5 Å². The van der Waals surface area contributed by atoms with Crippen LogP contribution in [0.5, 0.6) is 0 Å². The molecule has 0 radical (unpaired) electrons. The summed E-state index contributed by atoms with van der Waals surface area (Å²) in [6.07, 6.45) is 5.61. The SMILES string of the molecule is Cc1cc(N)ccc1C=Cc1csc2c(N)ncnc12. The van der Waals surface area contributed by atoms with Gasteiger partial charge in [-0.2, -0.15) is 0 Å². The van der Waals surface area contributed by atoms with Gasteiger partial charge in [0.15, 0.2) is 0 Å². The first-order valence-electron chi connectivity index (χ1n) is 6.17. The molecule has 3 aromatic rings. The number of thiophene rings is 1. The lowest BCUT2D eigenvalue weighted by molar-refractivity contribution is 1.24. The molecule has 2 aromatic heterocycles. The maximum absolute atomic E-state index is 5.84. The average molecular weight is 282 g/mol. The molecule has 4 nitrogen and oxygen atoms in total. The molecule has 0 unspecified atom stereocenters. The molecular weight excluding hydrogens is 268 g/mol. The largest absolute Gasteiger partial charge is 0.399 e. The third-order valence-electron chi connectivity index (χ3n) is 3.14. The Morgan fingerprint density at radius 2 is 1.90 bits per heavy atom. The van der Waals surface area contributed by atoms with Gasteiger partial charge in [0.2, 0.25) is 0 Å². The van der Waals surface area contributed by atoms with Crippen molar-refractivity contribution >= 4 is 45.2 Å². The van der Waals surface area contributed by atoms with E-state index in [1.807, 2.05) is 36.6 Å². The molecule has 100 valence electrons. The molecule has 0 amide bonds. The summed E-state index contributed by atoms with van der Waals surface area (Å²) < 4.78 is 0.932. The minimum absolute atomic E-state index is 0.531. The van der Waals surface area contributed by atoms with Crippen LogP contribution in [-0.2, 0) is 0 Å². The Morgan fingerprint density at radius 1 is 1.10 bits per heavy atom. The van der Waals surface area contributed by atoms with Crippen molar-refractivity contribution in [1.82, 2.24) is 9.97 Å². The number of anilines is 2. The molecule has 20 heavy (non-hydrogen) atoms. The molecule has 5 heteroatoms. The van der Waals surface area contributed by atoms with Crippen molar-refractivity contribution in [3.8, 4) is 0 Å². The number of nitrogen functional groups attached to an aromatic ring is 2. The molecule has 0 aliphatic carbocycles. The Hall–Kier alpha value is -2.40. The molecule has 3 rings (SSSR count). The van der Waals surface area contributed by atoms with E-state index in [0.717, 1.165) is 32.6 Å². The van der Waals surface area contributed by atoms with Crippen LogP contribution in [0.4, 0.5) is 11.5 Å². The van der Waals surface area contributed by atoms with Crippen molar-refractivity contribution in [3.05, 3.63) is 46.6 Å². The topological polar surface area (TPSA) is 77.8 Å². The fraction of sp³-hybridized carbons (Fsp3) is 0.0667. The molecule has 0 bridgehead atoms. The molecule has 0 aliphatic heterocycles. The zero-order valence-electron chi connectivity index (χ0n) is 11.0. The third kappa shape index (κ3) is 2.23. The molecule has 0 saturated heterocycles. The van der Waals surface area contributed by atoms with Crippen molar-refractivity contribution in [2.24, 2.45) is 0 Å². The van der Waals surface area contributed by atoms with Crippen LogP contribution < -0.4 is 11.5 Å². The number of aryl methyl sites for hydroxylation is 1. The minimum atomic E-state index is 0.531. The van der Waals surface area contributed by atoms with Gasteiger partial charge in [-0.25, -0.2) is 9.97 Å². The number of aromatic nitrogens is 2. The van der Waals surface area contributed by atoms with E-state index in [9.17, 15) is 0 Å². The van der Waals surface area contributed by atoms with E-state index >= 15 is 0 Å². The van der Waals surface area contributed by atoms with Crippen LogP contribution in [0.1, 0.15) is 16.7 Å². The van der Waals surface area contributed by atoms with E-state index in [-0.39, 0.29) is 0 Å². The molecule has 2 heterocycles. The highest BCUT2D eigenvalue weighted by Crippen LogP contribution is 2.28. The van der Waals surface area contributed by atoms with Gasteiger partial charge in [0, 0.05) is 16.6 Å². The second-order valence-corrected chi connectivity index (χ2v) is 5.46. The molecule has 4 N–H and O–H groups in total. The standard InChI is InChI=1S/C15H14N4S/c1-9-6-12(16)5-4-10(9)2-3-11-7-20-14-13(11)18-8-19-15(14)17/h2-8H,16H2,1H3,(H2,17,18,19). The van der Waals surface area contributed by atoms with Gasteiger partial charge in [-0.15, -0.1) is 11.3 Å². The van der Waals surface area contributed by atoms with E-state index in [1.54, 1.807) is 11.3 Å². The third-order valence-corrected chi connectivity index (χ3v) is 4.15. The summed E-state index contributed by atoms with van der Waals surface area (Å²) in [6, 6.07) is 5.88. The van der Waals surface area contributed by atoms with Crippen molar-refractivity contribution in [3.63, 3.8) is 0 Å². The van der Waals surface area contributed by atoms with E-state index in [4.69, 9.17) is 11.5 Å². The smallest absolute Gasteiger partial charge is 0.144 e. The van der Waals surface area contributed by atoms with Crippen molar-refractivity contribution in [1.29, 1.82) is 0 Å². The van der Waals surface area contributed by atoms with Gasteiger partial charge < -0.3 is 11.5 Å². The zero-order valence-corrected chi connectivity index (χ0v) is 11.8. The van der Waals surface area contributed by atoms with Gasteiger partial charge in [0.1, 0.15) is 12.1 Å². The first-order chi connectivity index (χ1) is 9.65. The Labute approximate surface area is 120 Å². The van der Waals surface area contributed by atoms with Crippen LogP contribution in [0, 0.1) is 6.92 Å². The fourth-order valence-electron chi connectivity index (χ4n) is 2.07. The van der Waals surface area contributed by atoms with E-state index in [2.05, 4.69) is 16.0 Å². The zero-order chi connectivity index (χ0) is 14.1. The maximum Gasteiger partial charge on any atom is 0.144 e. The van der Waals surface area contributed by atoms with Crippen molar-refractivity contribution in [2.45, 2.75) is 6.92 Å². The predicted molar refractivity (Wildman–Crippen MR) is 86.3 cm³/mol. The highest BCUT2D eigenvalue weighted by atomic mass is 32.1. The number of nitrogens with zero attached hydrogens (tertiary/aromatic N) is 2. The van der Waals surface area contributed by atoms with Crippen LogP contribution in [0.25, 0.3) is 22.4 Å². The van der Waals surface area contributed by atoms with Crippen LogP contribution in [0.3, 0.4) is 0 Å².